The van der Waals surface area contributed by atoms with Crippen molar-refractivity contribution in [1.29, 1.82) is 0 Å². The third-order valence-electron chi connectivity index (χ3n) is 4.21. The molecule has 0 saturated carbocycles. The SMILES string of the molecule is CN1CCC(N)(c2ccc(C(C)(C)C)cc2)CC1. The maximum absolute atomic E-state index is 6.58. The van der Waals surface area contributed by atoms with E-state index in [1.807, 2.05) is 0 Å². The van der Waals surface area contributed by atoms with Crippen LogP contribution in [0.3, 0.4) is 0 Å². The van der Waals surface area contributed by atoms with Crippen molar-refractivity contribution >= 4 is 0 Å². The first kappa shape index (κ1) is 13.6. The lowest BCUT2D eigenvalue weighted by molar-refractivity contribution is 0.191. The first-order valence-electron chi connectivity index (χ1n) is 6.90. The normalized spacial score (nSPS) is 20.9. The Morgan fingerprint density at radius 1 is 1.06 bits per heavy atom. The van der Waals surface area contributed by atoms with Crippen LogP contribution in [0.25, 0.3) is 0 Å². The van der Waals surface area contributed by atoms with E-state index in [1.54, 1.807) is 0 Å². The lowest BCUT2D eigenvalue weighted by Crippen LogP contribution is -2.46. The average molecular weight is 246 g/mol. The molecule has 0 aromatic heterocycles. The number of benzene rings is 1. The standard InChI is InChI=1S/C16H26N2/c1-15(2,3)13-5-7-14(8-6-13)16(17)9-11-18(4)12-10-16/h5-8H,9-12,17H2,1-4H3. The van der Waals surface area contributed by atoms with Crippen molar-refractivity contribution in [2.45, 2.75) is 44.6 Å². The van der Waals surface area contributed by atoms with Gasteiger partial charge in [0.05, 0.1) is 0 Å². The van der Waals surface area contributed by atoms with E-state index >= 15 is 0 Å². The fourth-order valence-corrected chi connectivity index (χ4v) is 2.61. The van der Waals surface area contributed by atoms with Crippen LogP contribution < -0.4 is 5.73 Å². The largest absolute Gasteiger partial charge is 0.321 e. The first-order valence-corrected chi connectivity index (χ1v) is 6.90. The first-order chi connectivity index (χ1) is 8.31. The number of nitrogens with two attached hydrogens (primary N) is 1. The fourth-order valence-electron chi connectivity index (χ4n) is 2.61. The molecule has 2 nitrogen and oxygen atoms in total. The van der Waals surface area contributed by atoms with Crippen molar-refractivity contribution in [3.8, 4) is 0 Å². The highest BCUT2D eigenvalue weighted by molar-refractivity contribution is 5.32. The summed E-state index contributed by atoms with van der Waals surface area (Å²) in [4.78, 5) is 2.36. The third-order valence-corrected chi connectivity index (χ3v) is 4.21. The maximum atomic E-state index is 6.58. The third kappa shape index (κ3) is 2.76. The smallest absolute Gasteiger partial charge is 0.0434 e. The Morgan fingerprint density at radius 3 is 2.00 bits per heavy atom. The van der Waals surface area contributed by atoms with Crippen molar-refractivity contribution in [3.05, 3.63) is 35.4 Å². The molecule has 2 N–H and O–H groups in total. The topological polar surface area (TPSA) is 29.3 Å². The summed E-state index contributed by atoms with van der Waals surface area (Å²) < 4.78 is 0. The number of nitrogens with zero attached hydrogens (tertiary/aromatic N) is 1. The molecule has 18 heavy (non-hydrogen) atoms. The summed E-state index contributed by atoms with van der Waals surface area (Å²) in [7, 11) is 2.17. The number of hydrogen-bond acceptors (Lipinski definition) is 2. The lowest BCUT2D eigenvalue weighted by atomic mass is 9.80. The van der Waals surface area contributed by atoms with Crippen LogP contribution in [0.4, 0.5) is 0 Å². The number of likely N-dealkylation sites (tertiary alicyclic amines) is 1. The molecule has 0 radical (unpaired) electrons. The second-order valence-electron chi connectivity index (χ2n) is 6.79. The summed E-state index contributed by atoms with van der Waals surface area (Å²) in [6, 6.07) is 8.93. The van der Waals surface area contributed by atoms with Crippen LogP contribution in [0.5, 0.6) is 0 Å². The molecule has 2 rings (SSSR count). The van der Waals surface area contributed by atoms with Gasteiger partial charge in [0, 0.05) is 5.54 Å². The van der Waals surface area contributed by atoms with Gasteiger partial charge in [-0.15, -0.1) is 0 Å². The van der Waals surface area contributed by atoms with Crippen LogP contribution in [-0.4, -0.2) is 25.0 Å². The minimum Gasteiger partial charge on any atom is -0.321 e. The zero-order chi connectivity index (χ0) is 13.4. The summed E-state index contributed by atoms with van der Waals surface area (Å²) in [6.07, 6.45) is 2.11. The van der Waals surface area contributed by atoms with Gasteiger partial charge in [-0.25, -0.2) is 0 Å². The van der Waals surface area contributed by atoms with E-state index in [4.69, 9.17) is 5.73 Å². The predicted molar refractivity (Wildman–Crippen MR) is 77.7 cm³/mol. The minimum atomic E-state index is -0.122. The van der Waals surface area contributed by atoms with E-state index in [-0.39, 0.29) is 11.0 Å². The van der Waals surface area contributed by atoms with Crippen LogP contribution in [0.2, 0.25) is 0 Å². The van der Waals surface area contributed by atoms with Gasteiger partial charge in [-0.1, -0.05) is 45.0 Å². The van der Waals surface area contributed by atoms with E-state index in [2.05, 4.69) is 57.0 Å². The average Bonchev–Trinajstić information content (AvgIpc) is 2.32. The Balaban J connectivity index is 2.19. The van der Waals surface area contributed by atoms with Crippen molar-refractivity contribution in [3.63, 3.8) is 0 Å². The van der Waals surface area contributed by atoms with Crippen LogP contribution in [0, 0.1) is 0 Å². The molecule has 1 aliphatic rings. The Kier molecular flexibility index (Phi) is 3.52. The number of rotatable bonds is 1. The Bertz CT molecular complexity index is 392. The van der Waals surface area contributed by atoms with Crippen LogP contribution in [0.1, 0.15) is 44.7 Å². The van der Waals surface area contributed by atoms with E-state index in [1.165, 1.54) is 11.1 Å². The molecule has 1 aliphatic heterocycles. The van der Waals surface area contributed by atoms with Gasteiger partial charge in [0.25, 0.3) is 0 Å². The van der Waals surface area contributed by atoms with Gasteiger partial charge in [-0.05, 0) is 49.5 Å². The molecule has 0 unspecified atom stereocenters. The highest BCUT2D eigenvalue weighted by Gasteiger charge is 2.31. The second kappa shape index (κ2) is 4.67. The van der Waals surface area contributed by atoms with Gasteiger partial charge in [0.2, 0.25) is 0 Å². The van der Waals surface area contributed by atoms with Crippen LogP contribution >= 0.6 is 0 Å². The molecule has 2 heteroatoms. The molecule has 1 fully saturated rings. The molecular weight excluding hydrogens is 220 g/mol. The summed E-state index contributed by atoms with van der Waals surface area (Å²) in [6.45, 7) is 8.93. The Labute approximate surface area is 111 Å². The summed E-state index contributed by atoms with van der Waals surface area (Å²) >= 11 is 0. The monoisotopic (exact) mass is 246 g/mol. The lowest BCUT2D eigenvalue weighted by Gasteiger charge is -2.38. The van der Waals surface area contributed by atoms with Gasteiger partial charge < -0.3 is 10.6 Å². The minimum absolute atomic E-state index is 0.122. The molecular formula is C16H26N2. The Morgan fingerprint density at radius 2 is 1.56 bits per heavy atom. The van der Waals surface area contributed by atoms with Crippen molar-refractivity contribution in [1.82, 2.24) is 4.90 Å². The van der Waals surface area contributed by atoms with Gasteiger partial charge >= 0.3 is 0 Å². The molecule has 0 atom stereocenters. The fraction of sp³-hybridized carbons (Fsp3) is 0.625. The molecule has 0 bridgehead atoms. The number of piperidine rings is 1. The van der Waals surface area contributed by atoms with Crippen LogP contribution in [0.15, 0.2) is 24.3 Å². The van der Waals surface area contributed by atoms with Gasteiger partial charge in [0.1, 0.15) is 0 Å². The molecule has 0 aliphatic carbocycles. The zero-order valence-electron chi connectivity index (χ0n) is 12.2. The zero-order valence-corrected chi connectivity index (χ0v) is 12.2. The van der Waals surface area contributed by atoms with Gasteiger partial charge in [0.15, 0.2) is 0 Å². The highest BCUT2D eigenvalue weighted by Crippen LogP contribution is 2.31. The maximum Gasteiger partial charge on any atom is 0.0434 e. The van der Waals surface area contributed by atoms with E-state index in [9.17, 15) is 0 Å². The molecule has 1 saturated heterocycles. The van der Waals surface area contributed by atoms with Gasteiger partial charge in [-0.3, -0.25) is 0 Å². The number of hydrogen-bond donors (Lipinski definition) is 1. The summed E-state index contributed by atoms with van der Waals surface area (Å²) in [5, 5.41) is 0. The molecule has 1 heterocycles. The summed E-state index contributed by atoms with van der Waals surface area (Å²) in [5.74, 6) is 0. The van der Waals surface area contributed by atoms with E-state index in [0.717, 1.165) is 25.9 Å². The van der Waals surface area contributed by atoms with Crippen molar-refractivity contribution < 1.29 is 0 Å². The van der Waals surface area contributed by atoms with Crippen LogP contribution in [-0.2, 0) is 11.0 Å². The summed E-state index contributed by atoms with van der Waals surface area (Å²) in [5.41, 5.74) is 9.34. The molecule has 0 amide bonds. The van der Waals surface area contributed by atoms with Crippen molar-refractivity contribution in [2.24, 2.45) is 5.73 Å². The van der Waals surface area contributed by atoms with Crippen molar-refractivity contribution in [2.75, 3.05) is 20.1 Å². The molecule has 0 spiro atoms. The molecule has 1 aromatic rings. The molecule has 100 valence electrons. The molecule has 1 aromatic carbocycles. The predicted octanol–water partition coefficient (Wildman–Crippen LogP) is 2.86. The van der Waals surface area contributed by atoms with Gasteiger partial charge in [-0.2, -0.15) is 0 Å². The quantitative estimate of drug-likeness (QED) is 0.825. The Hall–Kier alpha value is -0.860. The van der Waals surface area contributed by atoms with E-state index < -0.39 is 0 Å². The highest BCUT2D eigenvalue weighted by atomic mass is 15.1. The second-order valence-corrected chi connectivity index (χ2v) is 6.79. The van der Waals surface area contributed by atoms with E-state index in [0.29, 0.717) is 0 Å².